The molecular formula is C14H19F2NO3. The standard InChI is InChI=1S/C14H19F2NO3/c1-18-11-2-3-13(20-14(15)16)12(8-11)17-9-10-4-6-19-7-5-10/h2-3,8,10,14,17H,4-7,9H2,1H3. The van der Waals surface area contributed by atoms with Gasteiger partial charge in [-0.15, -0.1) is 0 Å². The number of alkyl halides is 2. The summed E-state index contributed by atoms with van der Waals surface area (Å²) in [6.45, 7) is -0.627. The Morgan fingerprint density at radius 2 is 2.10 bits per heavy atom. The summed E-state index contributed by atoms with van der Waals surface area (Å²) in [5.74, 6) is 1.21. The van der Waals surface area contributed by atoms with E-state index in [1.807, 2.05) is 0 Å². The Bertz CT molecular complexity index is 423. The van der Waals surface area contributed by atoms with Crippen LogP contribution in [-0.4, -0.2) is 33.5 Å². The lowest BCUT2D eigenvalue weighted by atomic mass is 10.0. The van der Waals surface area contributed by atoms with Crippen LogP contribution in [0.5, 0.6) is 11.5 Å². The monoisotopic (exact) mass is 287 g/mol. The van der Waals surface area contributed by atoms with E-state index >= 15 is 0 Å². The van der Waals surface area contributed by atoms with Crippen molar-refractivity contribution in [2.24, 2.45) is 5.92 Å². The van der Waals surface area contributed by atoms with Crippen molar-refractivity contribution < 1.29 is 23.0 Å². The fourth-order valence-electron chi connectivity index (χ4n) is 2.18. The summed E-state index contributed by atoms with van der Waals surface area (Å²) in [5.41, 5.74) is 0.524. The van der Waals surface area contributed by atoms with Crippen molar-refractivity contribution in [1.29, 1.82) is 0 Å². The lowest BCUT2D eigenvalue weighted by Crippen LogP contribution is -2.23. The fraction of sp³-hybridized carbons (Fsp3) is 0.571. The predicted molar refractivity (Wildman–Crippen MR) is 71.7 cm³/mol. The van der Waals surface area contributed by atoms with Gasteiger partial charge in [-0.05, 0) is 30.9 Å². The Morgan fingerprint density at radius 3 is 2.75 bits per heavy atom. The van der Waals surface area contributed by atoms with Gasteiger partial charge in [0.2, 0.25) is 0 Å². The van der Waals surface area contributed by atoms with Crippen LogP contribution in [0.25, 0.3) is 0 Å². The van der Waals surface area contributed by atoms with E-state index in [0.29, 0.717) is 23.9 Å². The second kappa shape index (κ2) is 7.28. The zero-order valence-corrected chi connectivity index (χ0v) is 11.4. The largest absolute Gasteiger partial charge is 0.497 e. The summed E-state index contributed by atoms with van der Waals surface area (Å²) in [4.78, 5) is 0. The number of hydrogen-bond donors (Lipinski definition) is 1. The highest BCUT2D eigenvalue weighted by Gasteiger charge is 2.16. The predicted octanol–water partition coefficient (Wildman–Crippen LogP) is 3.14. The van der Waals surface area contributed by atoms with E-state index in [2.05, 4.69) is 10.1 Å². The molecule has 6 heteroatoms. The second-order valence-corrected chi connectivity index (χ2v) is 4.68. The van der Waals surface area contributed by atoms with Crippen LogP contribution in [0, 0.1) is 5.92 Å². The summed E-state index contributed by atoms with van der Waals surface area (Å²) in [6.07, 6.45) is 1.95. The van der Waals surface area contributed by atoms with Gasteiger partial charge in [0.15, 0.2) is 0 Å². The van der Waals surface area contributed by atoms with Gasteiger partial charge in [-0.2, -0.15) is 8.78 Å². The average Bonchev–Trinajstić information content (AvgIpc) is 2.47. The molecule has 1 N–H and O–H groups in total. The van der Waals surface area contributed by atoms with Gasteiger partial charge in [-0.1, -0.05) is 0 Å². The molecule has 1 saturated heterocycles. The quantitative estimate of drug-likeness (QED) is 0.872. The molecule has 0 unspecified atom stereocenters. The third kappa shape index (κ3) is 4.23. The van der Waals surface area contributed by atoms with Gasteiger partial charge in [-0.25, -0.2) is 0 Å². The van der Waals surface area contributed by atoms with Crippen LogP contribution in [0.15, 0.2) is 18.2 Å². The van der Waals surface area contributed by atoms with Crippen LogP contribution in [0.2, 0.25) is 0 Å². The highest BCUT2D eigenvalue weighted by atomic mass is 19.3. The number of hydrogen-bond acceptors (Lipinski definition) is 4. The highest BCUT2D eigenvalue weighted by Crippen LogP contribution is 2.31. The SMILES string of the molecule is COc1ccc(OC(F)F)c(NCC2CCOCC2)c1. The van der Waals surface area contributed by atoms with E-state index in [4.69, 9.17) is 9.47 Å². The van der Waals surface area contributed by atoms with Gasteiger partial charge < -0.3 is 19.5 Å². The number of halogens is 2. The van der Waals surface area contributed by atoms with Gasteiger partial charge in [0.25, 0.3) is 0 Å². The maximum atomic E-state index is 12.4. The van der Waals surface area contributed by atoms with Crippen molar-refractivity contribution in [1.82, 2.24) is 0 Å². The molecule has 1 aromatic rings. The molecule has 0 aliphatic carbocycles. The third-order valence-electron chi connectivity index (χ3n) is 3.32. The van der Waals surface area contributed by atoms with Crippen molar-refractivity contribution in [2.45, 2.75) is 19.5 Å². The Hall–Kier alpha value is -1.56. The molecule has 20 heavy (non-hydrogen) atoms. The van der Waals surface area contributed by atoms with Crippen molar-refractivity contribution in [2.75, 3.05) is 32.2 Å². The van der Waals surface area contributed by atoms with E-state index in [9.17, 15) is 8.78 Å². The second-order valence-electron chi connectivity index (χ2n) is 4.68. The molecule has 0 saturated carbocycles. The van der Waals surface area contributed by atoms with Crippen LogP contribution < -0.4 is 14.8 Å². The van der Waals surface area contributed by atoms with Crippen LogP contribution in [0.1, 0.15) is 12.8 Å². The Balaban J connectivity index is 2.02. The fourth-order valence-corrected chi connectivity index (χ4v) is 2.18. The number of nitrogens with one attached hydrogen (secondary N) is 1. The Morgan fingerprint density at radius 1 is 1.35 bits per heavy atom. The highest BCUT2D eigenvalue weighted by molar-refractivity contribution is 5.59. The first kappa shape index (κ1) is 14.8. The van der Waals surface area contributed by atoms with Crippen LogP contribution >= 0.6 is 0 Å². The minimum Gasteiger partial charge on any atom is -0.497 e. The Kier molecular flexibility index (Phi) is 5.40. The normalized spacial score (nSPS) is 16.2. The van der Waals surface area contributed by atoms with E-state index < -0.39 is 6.61 Å². The van der Waals surface area contributed by atoms with Crippen molar-refractivity contribution in [3.05, 3.63) is 18.2 Å². The molecule has 1 heterocycles. The molecule has 1 aromatic carbocycles. The number of anilines is 1. The van der Waals surface area contributed by atoms with E-state index in [-0.39, 0.29) is 5.75 Å². The number of benzene rings is 1. The molecule has 0 radical (unpaired) electrons. The molecule has 0 aromatic heterocycles. The zero-order valence-electron chi connectivity index (χ0n) is 11.4. The van der Waals surface area contributed by atoms with Crippen LogP contribution in [0.3, 0.4) is 0 Å². The van der Waals surface area contributed by atoms with Gasteiger partial charge >= 0.3 is 6.61 Å². The molecule has 112 valence electrons. The molecule has 0 spiro atoms. The molecule has 1 fully saturated rings. The average molecular weight is 287 g/mol. The molecule has 4 nitrogen and oxygen atoms in total. The summed E-state index contributed by atoms with van der Waals surface area (Å²) < 4.78 is 39.7. The minimum atomic E-state index is -2.84. The molecule has 0 atom stereocenters. The first-order valence-electron chi connectivity index (χ1n) is 6.63. The molecule has 2 rings (SSSR count). The minimum absolute atomic E-state index is 0.132. The van der Waals surface area contributed by atoms with E-state index in [1.54, 1.807) is 12.1 Å². The lowest BCUT2D eigenvalue weighted by Gasteiger charge is -2.23. The molecular weight excluding hydrogens is 268 g/mol. The summed E-state index contributed by atoms with van der Waals surface area (Å²) in [7, 11) is 1.53. The zero-order chi connectivity index (χ0) is 14.4. The van der Waals surface area contributed by atoms with Crippen LogP contribution in [0.4, 0.5) is 14.5 Å². The van der Waals surface area contributed by atoms with Gasteiger partial charge in [0.1, 0.15) is 11.5 Å². The maximum Gasteiger partial charge on any atom is 0.387 e. The lowest BCUT2D eigenvalue weighted by molar-refractivity contribution is -0.0494. The van der Waals surface area contributed by atoms with Crippen molar-refractivity contribution in [3.8, 4) is 11.5 Å². The van der Waals surface area contributed by atoms with E-state index in [1.165, 1.54) is 13.2 Å². The Labute approximate surface area is 117 Å². The first-order valence-corrected chi connectivity index (χ1v) is 6.63. The number of ether oxygens (including phenoxy) is 3. The molecule has 0 amide bonds. The van der Waals surface area contributed by atoms with Gasteiger partial charge in [0.05, 0.1) is 12.8 Å². The van der Waals surface area contributed by atoms with Crippen molar-refractivity contribution >= 4 is 5.69 Å². The van der Waals surface area contributed by atoms with Gasteiger partial charge in [0, 0.05) is 25.8 Å². The number of methoxy groups -OCH3 is 1. The maximum absolute atomic E-state index is 12.4. The van der Waals surface area contributed by atoms with Crippen molar-refractivity contribution in [3.63, 3.8) is 0 Å². The molecule has 1 aliphatic rings. The molecule has 1 aliphatic heterocycles. The van der Waals surface area contributed by atoms with E-state index in [0.717, 1.165) is 26.1 Å². The smallest absolute Gasteiger partial charge is 0.387 e. The third-order valence-corrected chi connectivity index (χ3v) is 3.32. The molecule has 0 bridgehead atoms. The summed E-state index contributed by atoms with van der Waals surface area (Å²) in [5, 5.41) is 3.17. The van der Waals surface area contributed by atoms with Crippen LogP contribution in [-0.2, 0) is 4.74 Å². The summed E-state index contributed by atoms with van der Waals surface area (Å²) >= 11 is 0. The first-order chi connectivity index (χ1) is 9.69. The topological polar surface area (TPSA) is 39.7 Å². The van der Waals surface area contributed by atoms with Gasteiger partial charge in [-0.3, -0.25) is 0 Å². The summed E-state index contributed by atoms with van der Waals surface area (Å²) in [6, 6.07) is 4.74. The number of rotatable bonds is 6.